The minimum atomic E-state index is -4.03. The van der Waals surface area contributed by atoms with Crippen molar-refractivity contribution in [3.05, 3.63) is 47.7 Å². The topological polar surface area (TPSA) is 84.4 Å². The molecule has 1 N–H and O–H groups in total. The second-order valence-electron chi connectivity index (χ2n) is 8.61. The van der Waals surface area contributed by atoms with Gasteiger partial charge in [-0.1, -0.05) is 30.6 Å². The van der Waals surface area contributed by atoms with Gasteiger partial charge in [0.1, 0.15) is 10.6 Å². The molecule has 182 valence electrons. The van der Waals surface area contributed by atoms with E-state index in [0.29, 0.717) is 11.6 Å². The number of ether oxygens (including phenoxy) is 1. The van der Waals surface area contributed by atoms with Crippen LogP contribution in [0.5, 0.6) is 5.75 Å². The van der Waals surface area contributed by atoms with Crippen LogP contribution in [0.3, 0.4) is 0 Å². The van der Waals surface area contributed by atoms with Crippen molar-refractivity contribution in [3.8, 4) is 16.2 Å². The normalized spacial score (nSPS) is 14.7. The van der Waals surface area contributed by atoms with Gasteiger partial charge in [-0.15, -0.1) is 0 Å². The number of aryl methyl sites for hydroxylation is 2. The van der Waals surface area contributed by atoms with Gasteiger partial charge in [-0.2, -0.15) is 4.39 Å². The maximum absolute atomic E-state index is 13.4. The largest absolute Gasteiger partial charge is 0.495 e. The number of rotatable bonds is 7. The Bertz CT molecular complexity index is 1290. The Kier molecular flexibility index (Phi) is 7.09. The lowest BCUT2D eigenvalue weighted by Gasteiger charge is -2.30. The molecule has 0 unspecified atom stereocenters. The molecule has 0 spiro atoms. The second kappa shape index (κ2) is 9.87. The number of methoxy groups -OCH3 is 1. The highest BCUT2D eigenvalue weighted by Crippen LogP contribution is 2.39. The molecular weight excluding hydrogens is 475 g/mol. The summed E-state index contributed by atoms with van der Waals surface area (Å²) in [5.74, 6) is -0.458. The highest BCUT2D eigenvalue weighted by molar-refractivity contribution is 7.92. The minimum absolute atomic E-state index is 0.00814. The molecule has 1 aliphatic carbocycles. The Hall–Kier alpha value is -2.72. The molecule has 0 aliphatic heterocycles. The van der Waals surface area contributed by atoms with Gasteiger partial charge in [-0.05, 0) is 62.1 Å². The molecule has 0 saturated heterocycles. The predicted molar refractivity (Wildman–Crippen MR) is 134 cm³/mol. The van der Waals surface area contributed by atoms with Gasteiger partial charge in [0.2, 0.25) is 5.95 Å². The first kappa shape index (κ1) is 24.4. The number of halogens is 1. The van der Waals surface area contributed by atoms with E-state index >= 15 is 0 Å². The number of benzene rings is 1. The van der Waals surface area contributed by atoms with Crippen molar-refractivity contribution in [2.24, 2.45) is 0 Å². The summed E-state index contributed by atoms with van der Waals surface area (Å²) in [6, 6.07) is 6.74. The molecule has 7 nitrogen and oxygen atoms in total. The lowest BCUT2D eigenvalue weighted by molar-refractivity contribution is 0.403. The first-order valence-electron chi connectivity index (χ1n) is 11.2. The number of nitrogens with zero attached hydrogens (tertiary/aromatic N) is 3. The molecule has 2 heterocycles. The molecule has 1 saturated carbocycles. The van der Waals surface area contributed by atoms with Crippen molar-refractivity contribution in [2.75, 3.05) is 23.8 Å². The molecular formula is C24H29FN4O3S2. The fourth-order valence-electron chi connectivity index (χ4n) is 4.28. The summed E-state index contributed by atoms with van der Waals surface area (Å²) in [4.78, 5) is 11.5. The third-order valence-electron chi connectivity index (χ3n) is 6.25. The fraction of sp³-hybridized carbons (Fsp3) is 0.417. The number of hydrogen-bond donors (Lipinski definition) is 1. The van der Waals surface area contributed by atoms with Crippen LogP contribution in [0.4, 0.5) is 15.2 Å². The maximum Gasteiger partial charge on any atom is 0.265 e. The van der Waals surface area contributed by atoms with Gasteiger partial charge in [0, 0.05) is 13.1 Å². The summed E-state index contributed by atoms with van der Waals surface area (Å²) in [5.41, 5.74) is 2.23. The Labute approximate surface area is 204 Å². The maximum atomic E-state index is 13.4. The average molecular weight is 505 g/mol. The predicted octanol–water partition coefficient (Wildman–Crippen LogP) is 5.54. The van der Waals surface area contributed by atoms with Crippen LogP contribution < -0.4 is 14.4 Å². The van der Waals surface area contributed by atoms with E-state index < -0.39 is 16.0 Å². The van der Waals surface area contributed by atoms with E-state index in [1.54, 1.807) is 30.4 Å². The monoisotopic (exact) mass is 504 g/mol. The number of thiazole rings is 1. The molecule has 0 radical (unpaired) electrons. The molecule has 34 heavy (non-hydrogen) atoms. The number of aromatic nitrogens is 2. The number of pyridine rings is 1. The number of nitrogens with one attached hydrogen (secondary N) is 1. The van der Waals surface area contributed by atoms with Crippen LogP contribution in [0.2, 0.25) is 0 Å². The Morgan fingerprint density at radius 2 is 1.91 bits per heavy atom. The standard InChI is InChI=1S/C24H29FN4O3S2/c1-15-12-22(25)26-14-19(15)28-34(30,31)21-13-17(10-11-20(21)32-4)23-16(2)27-24(33-23)29(3)18-8-6-5-7-9-18/h10-14,18,28H,5-9H2,1-4H3. The third kappa shape index (κ3) is 5.02. The van der Waals surface area contributed by atoms with Gasteiger partial charge in [0.15, 0.2) is 5.13 Å². The first-order chi connectivity index (χ1) is 16.2. The average Bonchev–Trinajstić information content (AvgIpc) is 3.22. The molecule has 4 rings (SSSR count). The molecule has 0 atom stereocenters. The van der Waals surface area contributed by atoms with Crippen molar-refractivity contribution in [3.63, 3.8) is 0 Å². The zero-order chi connectivity index (χ0) is 24.5. The van der Waals surface area contributed by atoms with Crippen molar-refractivity contribution in [2.45, 2.75) is 56.9 Å². The van der Waals surface area contributed by atoms with E-state index in [1.165, 1.54) is 51.5 Å². The van der Waals surface area contributed by atoms with Crippen LogP contribution in [0, 0.1) is 19.8 Å². The molecule has 10 heteroatoms. The van der Waals surface area contributed by atoms with Gasteiger partial charge >= 0.3 is 0 Å². The third-order valence-corrected chi connectivity index (χ3v) is 8.93. The lowest BCUT2D eigenvalue weighted by Crippen LogP contribution is -2.33. The summed E-state index contributed by atoms with van der Waals surface area (Å²) in [7, 11) is -0.512. The highest BCUT2D eigenvalue weighted by atomic mass is 32.2. The molecule has 1 fully saturated rings. The number of hydrogen-bond acceptors (Lipinski definition) is 7. The van der Waals surface area contributed by atoms with Crippen LogP contribution in [-0.4, -0.2) is 38.6 Å². The van der Waals surface area contributed by atoms with Crippen molar-refractivity contribution >= 4 is 32.2 Å². The molecule has 2 aromatic heterocycles. The van der Waals surface area contributed by atoms with Gasteiger partial charge < -0.3 is 9.64 Å². The van der Waals surface area contributed by atoms with E-state index in [-0.39, 0.29) is 16.3 Å². The van der Waals surface area contributed by atoms with Gasteiger partial charge in [0.25, 0.3) is 10.0 Å². The molecule has 1 aliphatic rings. The molecule has 3 aromatic rings. The van der Waals surface area contributed by atoms with Gasteiger partial charge in [-0.25, -0.2) is 18.4 Å². The van der Waals surface area contributed by atoms with Crippen LogP contribution in [0.25, 0.3) is 10.4 Å². The smallest absolute Gasteiger partial charge is 0.265 e. The number of anilines is 2. The quantitative estimate of drug-likeness (QED) is 0.425. The molecule has 0 bridgehead atoms. The Balaban J connectivity index is 1.68. The molecule has 0 amide bonds. The van der Waals surface area contributed by atoms with Crippen LogP contribution in [0.15, 0.2) is 35.4 Å². The first-order valence-corrected chi connectivity index (χ1v) is 13.5. The molecule has 1 aromatic carbocycles. The van der Waals surface area contributed by atoms with Gasteiger partial charge in [0.05, 0.1) is 29.6 Å². The van der Waals surface area contributed by atoms with E-state index in [9.17, 15) is 12.8 Å². The van der Waals surface area contributed by atoms with E-state index in [1.807, 2.05) is 13.0 Å². The van der Waals surface area contributed by atoms with Gasteiger partial charge in [-0.3, -0.25) is 4.72 Å². The zero-order valence-electron chi connectivity index (χ0n) is 19.8. The highest BCUT2D eigenvalue weighted by Gasteiger charge is 2.25. The van der Waals surface area contributed by atoms with Crippen molar-refractivity contribution < 1.29 is 17.5 Å². The van der Waals surface area contributed by atoms with Crippen molar-refractivity contribution in [1.82, 2.24) is 9.97 Å². The lowest BCUT2D eigenvalue weighted by atomic mass is 9.95. The van der Waals surface area contributed by atoms with E-state index in [4.69, 9.17) is 9.72 Å². The summed E-state index contributed by atoms with van der Waals surface area (Å²) < 4.78 is 47.8. The summed E-state index contributed by atoms with van der Waals surface area (Å²) in [6.45, 7) is 3.55. The fourth-order valence-corrected chi connectivity index (χ4v) is 6.69. The zero-order valence-corrected chi connectivity index (χ0v) is 21.4. The summed E-state index contributed by atoms with van der Waals surface area (Å²) >= 11 is 1.56. The van der Waals surface area contributed by atoms with Crippen LogP contribution >= 0.6 is 11.3 Å². The van der Waals surface area contributed by atoms with E-state index in [0.717, 1.165) is 21.3 Å². The number of sulfonamides is 1. The van der Waals surface area contributed by atoms with Crippen molar-refractivity contribution in [1.29, 1.82) is 0 Å². The minimum Gasteiger partial charge on any atom is -0.495 e. The Morgan fingerprint density at radius 1 is 1.18 bits per heavy atom. The van der Waals surface area contributed by atoms with Crippen LogP contribution in [0.1, 0.15) is 43.4 Å². The Morgan fingerprint density at radius 3 is 2.59 bits per heavy atom. The summed E-state index contributed by atoms with van der Waals surface area (Å²) in [6.07, 6.45) is 7.26. The van der Waals surface area contributed by atoms with Crippen LogP contribution in [-0.2, 0) is 10.0 Å². The summed E-state index contributed by atoms with van der Waals surface area (Å²) in [5, 5.41) is 0.936. The second-order valence-corrected chi connectivity index (χ2v) is 11.2. The SMILES string of the molecule is COc1ccc(-c2sc(N(C)C3CCCCC3)nc2C)cc1S(=O)(=O)Nc1cnc(F)cc1C. The van der Waals surface area contributed by atoms with E-state index in [2.05, 4.69) is 21.7 Å².